The van der Waals surface area contributed by atoms with E-state index in [1.54, 1.807) is 18.2 Å². The maximum absolute atomic E-state index is 12.5. The minimum atomic E-state index is -0.403. The number of anilines is 1. The van der Waals surface area contributed by atoms with Crippen LogP contribution >= 0.6 is 0 Å². The summed E-state index contributed by atoms with van der Waals surface area (Å²) in [6.45, 7) is 0. The lowest BCUT2D eigenvalue weighted by atomic mass is 10.1. The number of carbonyl (C=O) groups is 1. The molecule has 0 spiro atoms. The second-order valence-corrected chi connectivity index (χ2v) is 6.53. The van der Waals surface area contributed by atoms with Crippen LogP contribution in [-0.4, -0.2) is 16.0 Å². The predicted molar refractivity (Wildman–Crippen MR) is 98.8 cm³/mol. The Kier molecular flexibility index (Phi) is 3.46. The van der Waals surface area contributed by atoms with Crippen LogP contribution in [0.2, 0.25) is 0 Å². The predicted octanol–water partition coefficient (Wildman–Crippen LogP) is 3.52. The van der Waals surface area contributed by atoms with E-state index in [1.165, 1.54) is 12.3 Å². The summed E-state index contributed by atoms with van der Waals surface area (Å²) >= 11 is 0. The quantitative estimate of drug-likeness (QED) is 0.581. The number of nitrogens with zero attached hydrogens (tertiary/aromatic N) is 1. The number of nitrogens with one attached hydrogen (secondary N) is 2. The van der Waals surface area contributed by atoms with E-state index in [2.05, 4.69) is 15.5 Å². The average Bonchev–Trinajstić information content (AvgIpc) is 3.41. The zero-order chi connectivity index (χ0) is 18.4. The van der Waals surface area contributed by atoms with Crippen LogP contribution in [0.15, 0.2) is 56.4 Å². The Morgan fingerprint density at radius 2 is 2.00 bits per heavy atom. The standard InChI is InChI=1S/C20H15N3O4/c24-19-14-4-1-3-12(14)13-7-6-11(9-15(13)22-19)21-20(25)16-10-18(27-23-16)17-5-2-8-26-17/h2,5-10H,1,3-4H2,(H,21,25)(H,22,24). The van der Waals surface area contributed by atoms with Crippen LogP contribution in [0.4, 0.5) is 5.69 Å². The third kappa shape index (κ3) is 2.64. The molecule has 27 heavy (non-hydrogen) atoms. The Labute approximate surface area is 153 Å². The molecule has 1 aliphatic rings. The lowest BCUT2D eigenvalue weighted by molar-refractivity contribution is 0.101. The molecule has 0 saturated heterocycles. The van der Waals surface area contributed by atoms with Gasteiger partial charge in [0.25, 0.3) is 11.5 Å². The number of H-pyrrole nitrogens is 1. The van der Waals surface area contributed by atoms with Gasteiger partial charge in [0, 0.05) is 22.7 Å². The number of aromatic nitrogens is 2. The van der Waals surface area contributed by atoms with Gasteiger partial charge < -0.3 is 19.2 Å². The van der Waals surface area contributed by atoms with Gasteiger partial charge >= 0.3 is 0 Å². The normalized spacial score (nSPS) is 13.0. The number of amides is 1. The van der Waals surface area contributed by atoms with Gasteiger partial charge in [-0.1, -0.05) is 11.2 Å². The van der Waals surface area contributed by atoms with E-state index >= 15 is 0 Å². The summed E-state index contributed by atoms with van der Waals surface area (Å²) in [5.74, 6) is 0.474. The van der Waals surface area contributed by atoms with Crippen LogP contribution in [0.1, 0.15) is 28.0 Å². The van der Waals surface area contributed by atoms with E-state index in [-0.39, 0.29) is 11.3 Å². The highest BCUT2D eigenvalue weighted by molar-refractivity contribution is 6.04. The van der Waals surface area contributed by atoms with Gasteiger partial charge in [0.15, 0.2) is 11.5 Å². The molecule has 7 nitrogen and oxygen atoms in total. The number of pyridine rings is 1. The Morgan fingerprint density at radius 1 is 1.11 bits per heavy atom. The minimum Gasteiger partial charge on any atom is -0.461 e. The highest BCUT2D eigenvalue weighted by Gasteiger charge is 2.19. The molecular formula is C20H15N3O4. The molecule has 1 aliphatic carbocycles. The van der Waals surface area contributed by atoms with Gasteiger partial charge in [-0.05, 0) is 49.1 Å². The maximum Gasteiger partial charge on any atom is 0.277 e. The highest BCUT2D eigenvalue weighted by Crippen LogP contribution is 2.28. The summed E-state index contributed by atoms with van der Waals surface area (Å²) in [7, 11) is 0. The molecule has 7 heteroatoms. The number of rotatable bonds is 3. The third-order valence-corrected chi connectivity index (χ3v) is 4.85. The topological polar surface area (TPSA) is 101 Å². The zero-order valence-corrected chi connectivity index (χ0v) is 14.2. The van der Waals surface area contributed by atoms with Crippen molar-refractivity contribution in [3.8, 4) is 11.5 Å². The lowest BCUT2D eigenvalue weighted by Crippen LogP contribution is -2.14. The van der Waals surface area contributed by atoms with E-state index in [1.807, 2.05) is 12.1 Å². The number of carbonyl (C=O) groups excluding carboxylic acids is 1. The Hall–Kier alpha value is -3.61. The van der Waals surface area contributed by atoms with Crippen LogP contribution < -0.4 is 10.9 Å². The summed E-state index contributed by atoms with van der Waals surface area (Å²) in [6.07, 6.45) is 4.25. The molecule has 134 valence electrons. The molecular weight excluding hydrogens is 346 g/mol. The molecule has 5 rings (SSSR count). The largest absolute Gasteiger partial charge is 0.461 e. The fraction of sp³-hybridized carbons (Fsp3) is 0.150. The Balaban J connectivity index is 1.44. The molecule has 0 saturated carbocycles. The summed E-state index contributed by atoms with van der Waals surface area (Å²) < 4.78 is 10.4. The molecule has 4 aromatic rings. The van der Waals surface area contributed by atoms with Crippen molar-refractivity contribution in [2.24, 2.45) is 0 Å². The molecule has 1 aromatic carbocycles. The molecule has 3 heterocycles. The van der Waals surface area contributed by atoms with Crippen LogP contribution in [0.3, 0.4) is 0 Å². The molecule has 0 atom stereocenters. The van der Waals surface area contributed by atoms with Crippen molar-refractivity contribution < 1.29 is 13.7 Å². The number of benzene rings is 1. The van der Waals surface area contributed by atoms with E-state index in [9.17, 15) is 9.59 Å². The molecule has 0 aliphatic heterocycles. The van der Waals surface area contributed by atoms with Crippen molar-refractivity contribution >= 4 is 22.5 Å². The number of furan rings is 1. The Morgan fingerprint density at radius 3 is 2.85 bits per heavy atom. The molecule has 1 amide bonds. The van der Waals surface area contributed by atoms with Crippen molar-refractivity contribution in [2.75, 3.05) is 5.32 Å². The van der Waals surface area contributed by atoms with Gasteiger partial charge in [-0.15, -0.1) is 0 Å². The van der Waals surface area contributed by atoms with Crippen LogP contribution in [0, 0.1) is 0 Å². The van der Waals surface area contributed by atoms with Gasteiger partial charge in [0.2, 0.25) is 5.76 Å². The van der Waals surface area contributed by atoms with E-state index in [4.69, 9.17) is 8.94 Å². The molecule has 2 N–H and O–H groups in total. The zero-order valence-electron chi connectivity index (χ0n) is 14.2. The van der Waals surface area contributed by atoms with Gasteiger partial charge in [-0.25, -0.2) is 0 Å². The number of fused-ring (bicyclic) bond motifs is 3. The number of hydrogen-bond donors (Lipinski definition) is 2. The smallest absolute Gasteiger partial charge is 0.277 e. The Bertz CT molecular complexity index is 1220. The fourth-order valence-electron chi connectivity index (χ4n) is 3.59. The van der Waals surface area contributed by atoms with Gasteiger partial charge in [-0.3, -0.25) is 9.59 Å². The van der Waals surface area contributed by atoms with E-state index in [0.717, 1.165) is 41.3 Å². The van der Waals surface area contributed by atoms with Gasteiger partial charge in [0.05, 0.1) is 11.8 Å². The summed E-state index contributed by atoms with van der Waals surface area (Å²) in [4.78, 5) is 27.6. The van der Waals surface area contributed by atoms with Gasteiger partial charge in [-0.2, -0.15) is 0 Å². The second kappa shape index (κ2) is 5.98. The van der Waals surface area contributed by atoms with Crippen LogP contribution in [-0.2, 0) is 12.8 Å². The summed E-state index contributed by atoms with van der Waals surface area (Å²) in [6, 6.07) is 10.5. The van der Waals surface area contributed by atoms with Gasteiger partial charge in [0.1, 0.15) is 0 Å². The monoisotopic (exact) mass is 361 g/mol. The first-order valence-electron chi connectivity index (χ1n) is 8.69. The molecule has 0 bridgehead atoms. The first-order chi connectivity index (χ1) is 13.2. The van der Waals surface area contributed by atoms with Crippen molar-refractivity contribution in [1.29, 1.82) is 0 Å². The number of aromatic amines is 1. The number of hydrogen-bond acceptors (Lipinski definition) is 5. The van der Waals surface area contributed by atoms with E-state index < -0.39 is 5.91 Å². The first-order valence-corrected chi connectivity index (χ1v) is 8.69. The molecule has 0 radical (unpaired) electrons. The van der Waals surface area contributed by atoms with E-state index in [0.29, 0.717) is 17.2 Å². The van der Waals surface area contributed by atoms with Crippen molar-refractivity contribution in [3.63, 3.8) is 0 Å². The lowest BCUT2D eigenvalue weighted by Gasteiger charge is -2.08. The molecule has 3 aromatic heterocycles. The maximum atomic E-state index is 12.5. The van der Waals surface area contributed by atoms with Crippen molar-refractivity contribution in [2.45, 2.75) is 19.3 Å². The third-order valence-electron chi connectivity index (χ3n) is 4.85. The minimum absolute atomic E-state index is 0.0435. The van der Waals surface area contributed by atoms with Crippen molar-refractivity contribution in [1.82, 2.24) is 10.1 Å². The SMILES string of the molecule is O=C(Nc1ccc2c3c(c(=O)[nH]c2c1)CCC3)c1cc(-c2ccco2)on1. The average molecular weight is 361 g/mol. The fourth-order valence-corrected chi connectivity index (χ4v) is 3.59. The molecule has 0 unspecified atom stereocenters. The first kappa shape index (κ1) is 15.6. The summed E-state index contributed by atoms with van der Waals surface area (Å²) in [5, 5.41) is 7.60. The summed E-state index contributed by atoms with van der Waals surface area (Å²) in [5.41, 5.74) is 3.39. The second-order valence-electron chi connectivity index (χ2n) is 6.53. The van der Waals surface area contributed by atoms with Crippen LogP contribution in [0.5, 0.6) is 0 Å². The van der Waals surface area contributed by atoms with Crippen LogP contribution in [0.25, 0.3) is 22.4 Å². The molecule has 0 fully saturated rings. The highest BCUT2D eigenvalue weighted by atomic mass is 16.5. The van der Waals surface area contributed by atoms with Crippen molar-refractivity contribution in [3.05, 3.63) is 69.8 Å². The number of aryl methyl sites for hydroxylation is 1.